The van der Waals surface area contributed by atoms with Crippen LogP contribution in [0.1, 0.15) is 6.42 Å². The number of nitrogens with zero attached hydrogens (tertiary/aromatic N) is 2. The molecule has 1 atom stereocenters. The molecule has 4 heteroatoms. The first-order valence-electron chi connectivity index (χ1n) is 4.23. The molecule has 3 nitrogen and oxygen atoms in total. The molecule has 1 aliphatic rings. The average Bonchev–Trinajstić information content (AvgIpc) is 2.75. The first-order chi connectivity index (χ1) is 5.90. The van der Waals surface area contributed by atoms with Crippen LogP contribution in [0, 0.1) is 5.92 Å². The van der Waals surface area contributed by atoms with E-state index in [2.05, 4.69) is 15.3 Å². The van der Waals surface area contributed by atoms with Gasteiger partial charge in [0.2, 0.25) is 0 Å². The van der Waals surface area contributed by atoms with E-state index < -0.39 is 0 Å². The molecule has 1 aromatic heterocycles. The second kappa shape index (κ2) is 3.41. The minimum Gasteiger partial charge on any atom is -0.356 e. The molecule has 1 aliphatic heterocycles. The average molecular weight is 183 g/mol. The Morgan fingerprint density at radius 3 is 3.25 bits per heavy atom. The Balaban J connectivity index is 2.00. The summed E-state index contributed by atoms with van der Waals surface area (Å²) < 4.78 is 0. The van der Waals surface area contributed by atoms with Gasteiger partial charge < -0.3 is 10.6 Å². The molecular weight excluding hydrogens is 170 g/mol. The van der Waals surface area contributed by atoms with Crippen LogP contribution in [0.3, 0.4) is 0 Å². The summed E-state index contributed by atoms with van der Waals surface area (Å²) in [5.74, 6) is 1.79. The van der Waals surface area contributed by atoms with Gasteiger partial charge in [0.05, 0.1) is 5.51 Å². The van der Waals surface area contributed by atoms with Gasteiger partial charge in [0, 0.05) is 18.5 Å². The topological polar surface area (TPSA) is 42.1 Å². The van der Waals surface area contributed by atoms with E-state index in [9.17, 15) is 0 Å². The lowest BCUT2D eigenvalue weighted by atomic mass is 10.1. The Bertz CT molecular complexity index is 234. The number of thiazole rings is 1. The summed E-state index contributed by atoms with van der Waals surface area (Å²) in [6.07, 6.45) is 1.22. The Kier molecular flexibility index (Phi) is 2.28. The molecule has 2 N–H and O–H groups in total. The molecule has 0 aromatic carbocycles. The van der Waals surface area contributed by atoms with Crippen LogP contribution in [-0.2, 0) is 0 Å². The van der Waals surface area contributed by atoms with Gasteiger partial charge in [0.1, 0.15) is 5.82 Å². The zero-order valence-electron chi connectivity index (χ0n) is 6.94. The van der Waals surface area contributed by atoms with Gasteiger partial charge in [0.15, 0.2) is 0 Å². The molecule has 1 aromatic rings. The van der Waals surface area contributed by atoms with Crippen molar-refractivity contribution in [3.05, 3.63) is 10.9 Å². The normalized spacial score (nSPS) is 23.4. The van der Waals surface area contributed by atoms with E-state index in [4.69, 9.17) is 5.73 Å². The molecule has 0 radical (unpaired) electrons. The Labute approximate surface area is 76.2 Å². The summed E-state index contributed by atoms with van der Waals surface area (Å²) in [4.78, 5) is 6.58. The van der Waals surface area contributed by atoms with E-state index in [1.165, 1.54) is 6.42 Å². The third-order valence-electron chi connectivity index (χ3n) is 2.36. The minimum absolute atomic E-state index is 0.673. The summed E-state index contributed by atoms with van der Waals surface area (Å²) in [5.41, 5.74) is 7.49. The Morgan fingerprint density at radius 1 is 1.75 bits per heavy atom. The van der Waals surface area contributed by atoms with Gasteiger partial charge in [-0.15, -0.1) is 11.3 Å². The van der Waals surface area contributed by atoms with Crippen LogP contribution in [0.15, 0.2) is 10.9 Å². The van der Waals surface area contributed by atoms with Crippen LogP contribution in [-0.4, -0.2) is 24.6 Å². The van der Waals surface area contributed by atoms with Crippen LogP contribution in [0.25, 0.3) is 0 Å². The fraction of sp³-hybridized carbons (Fsp3) is 0.625. The van der Waals surface area contributed by atoms with Crippen molar-refractivity contribution in [2.45, 2.75) is 6.42 Å². The van der Waals surface area contributed by atoms with Gasteiger partial charge in [-0.2, -0.15) is 0 Å². The van der Waals surface area contributed by atoms with E-state index >= 15 is 0 Å². The van der Waals surface area contributed by atoms with Gasteiger partial charge >= 0.3 is 0 Å². The van der Waals surface area contributed by atoms with Crippen molar-refractivity contribution >= 4 is 17.2 Å². The molecule has 1 unspecified atom stereocenters. The van der Waals surface area contributed by atoms with Crippen molar-refractivity contribution in [3.63, 3.8) is 0 Å². The van der Waals surface area contributed by atoms with Gasteiger partial charge in [-0.3, -0.25) is 0 Å². The molecule has 66 valence electrons. The first-order valence-corrected chi connectivity index (χ1v) is 5.17. The third-order valence-corrected chi connectivity index (χ3v) is 2.94. The molecule has 0 bridgehead atoms. The zero-order chi connectivity index (χ0) is 8.39. The van der Waals surface area contributed by atoms with E-state index in [0.29, 0.717) is 5.92 Å². The summed E-state index contributed by atoms with van der Waals surface area (Å²) in [7, 11) is 0. The molecule has 2 heterocycles. The lowest BCUT2D eigenvalue weighted by Crippen LogP contribution is -2.22. The Morgan fingerprint density at radius 2 is 2.67 bits per heavy atom. The molecule has 0 aliphatic carbocycles. The van der Waals surface area contributed by atoms with Crippen LogP contribution >= 0.6 is 11.3 Å². The maximum absolute atomic E-state index is 5.60. The van der Waals surface area contributed by atoms with Gasteiger partial charge in [-0.25, -0.2) is 4.98 Å². The zero-order valence-corrected chi connectivity index (χ0v) is 7.76. The molecule has 2 rings (SSSR count). The largest absolute Gasteiger partial charge is 0.356 e. The lowest BCUT2D eigenvalue weighted by Gasteiger charge is -2.14. The van der Waals surface area contributed by atoms with E-state index in [0.717, 1.165) is 25.5 Å². The molecule has 0 saturated carbocycles. The summed E-state index contributed by atoms with van der Waals surface area (Å²) in [5, 5.41) is 2.10. The predicted molar refractivity (Wildman–Crippen MR) is 51.5 cm³/mol. The number of anilines is 1. The maximum Gasteiger partial charge on any atom is 0.139 e. The van der Waals surface area contributed by atoms with Crippen molar-refractivity contribution in [1.82, 2.24) is 4.98 Å². The second-order valence-corrected chi connectivity index (χ2v) is 3.90. The highest BCUT2D eigenvalue weighted by molar-refractivity contribution is 7.07. The summed E-state index contributed by atoms with van der Waals surface area (Å²) >= 11 is 1.65. The second-order valence-electron chi connectivity index (χ2n) is 3.18. The SMILES string of the molecule is NCC1CCN(c2cscn2)C1. The standard InChI is InChI=1S/C8H13N3S/c9-3-7-1-2-11(4-7)8-5-12-6-10-8/h5-7H,1-4,9H2. The fourth-order valence-electron chi connectivity index (χ4n) is 1.60. The van der Waals surface area contributed by atoms with Crippen molar-refractivity contribution in [1.29, 1.82) is 0 Å². The van der Waals surface area contributed by atoms with Gasteiger partial charge in [-0.1, -0.05) is 0 Å². The number of hydrogen-bond acceptors (Lipinski definition) is 4. The van der Waals surface area contributed by atoms with Crippen molar-refractivity contribution in [2.24, 2.45) is 11.7 Å². The van der Waals surface area contributed by atoms with Gasteiger partial charge in [-0.05, 0) is 18.9 Å². The van der Waals surface area contributed by atoms with Crippen LogP contribution < -0.4 is 10.6 Å². The number of nitrogens with two attached hydrogens (primary N) is 1. The maximum atomic E-state index is 5.60. The first kappa shape index (κ1) is 8.01. The van der Waals surface area contributed by atoms with E-state index in [1.54, 1.807) is 11.3 Å². The quantitative estimate of drug-likeness (QED) is 0.741. The fourth-order valence-corrected chi connectivity index (χ4v) is 2.16. The summed E-state index contributed by atoms with van der Waals surface area (Å²) in [6, 6.07) is 0. The summed E-state index contributed by atoms with van der Waals surface area (Å²) in [6.45, 7) is 3.01. The number of aromatic nitrogens is 1. The number of rotatable bonds is 2. The number of hydrogen-bond donors (Lipinski definition) is 1. The smallest absolute Gasteiger partial charge is 0.139 e. The highest BCUT2D eigenvalue weighted by atomic mass is 32.1. The highest BCUT2D eigenvalue weighted by Gasteiger charge is 2.21. The lowest BCUT2D eigenvalue weighted by molar-refractivity contribution is 0.602. The molecule has 1 saturated heterocycles. The van der Waals surface area contributed by atoms with E-state index in [-0.39, 0.29) is 0 Å². The van der Waals surface area contributed by atoms with Crippen LogP contribution in [0.4, 0.5) is 5.82 Å². The monoisotopic (exact) mass is 183 g/mol. The van der Waals surface area contributed by atoms with Gasteiger partial charge in [0.25, 0.3) is 0 Å². The van der Waals surface area contributed by atoms with Crippen molar-refractivity contribution in [2.75, 3.05) is 24.5 Å². The van der Waals surface area contributed by atoms with Crippen molar-refractivity contribution < 1.29 is 0 Å². The highest BCUT2D eigenvalue weighted by Crippen LogP contribution is 2.22. The van der Waals surface area contributed by atoms with Crippen molar-refractivity contribution in [3.8, 4) is 0 Å². The predicted octanol–water partition coefficient (Wildman–Crippen LogP) is 0.928. The van der Waals surface area contributed by atoms with E-state index in [1.807, 2.05) is 5.51 Å². The molecule has 0 spiro atoms. The Hall–Kier alpha value is -0.610. The minimum atomic E-state index is 0.673. The molecular formula is C8H13N3S. The van der Waals surface area contributed by atoms with Crippen LogP contribution in [0.2, 0.25) is 0 Å². The van der Waals surface area contributed by atoms with Crippen LogP contribution in [0.5, 0.6) is 0 Å². The molecule has 1 fully saturated rings. The molecule has 12 heavy (non-hydrogen) atoms. The third kappa shape index (κ3) is 1.44. The molecule has 0 amide bonds.